The van der Waals surface area contributed by atoms with Crippen molar-refractivity contribution in [3.05, 3.63) is 65.2 Å². The molecule has 138 valence electrons. The zero-order chi connectivity index (χ0) is 17.5. The Balaban J connectivity index is 0.00000243. The first-order chi connectivity index (χ1) is 12.2. The summed E-state index contributed by atoms with van der Waals surface area (Å²) in [5.41, 5.74) is 10.4. The van der Waals surface area contributed by atoms with E-state index in [9.17, 15) is 4.79 Å². The Morgan fingerprint density at radius 2 is 1.81 bits per heavy atom. The number of benzene rings is 2. The third kappa shape index (κ3) is 5.45. The number of nitrogens with one attached hydrogen (secondary N) is 2. The van der Waals surface area contributed by atoms with Gasteiger partial charge in [-0.2, -0.15) is 0 Å². The van der Waals surface area contributed by atoms with Gasteiger partial charge in [0.15, 0.2) is 5.96 Å². The maximum atomic E-state index is 11.9. The van der Waals surface area contributed by atoms with Crippen LogP contribution in [0.4, 0.5) is 5.69 Å². The van der Waals surface area contributed by atoms with Gasteiger partial charge in [-0.3, -0.25) is 9.79 Å². The maximum Gasteiger partial charge on any atom is 0.251 e. The molecule has 0 aliphatic heterocycles. The van der Waals surface area contributed by atoms with Gasteiger partial charge in [0.05, 0.1) is 6.54 Å². The highest BCUT2D eigenvalue weighted by Crippen LogP contribution is 2.27. The fourth-order valence-corrected chi connectivity index (χ4v) is 3.11. The lowest BCUT2D eigenvalue weighted by Gasteiger charge is -2.19. The predicted molar refractivity (Wildman–Crippen MR) is 117 cm³/mol. The van der Waals surface area contributed by atoms with E-state index in [2.05, 4.69) is 27.8 Å². The van der Waals surface area contributed by atoms with Crippen molar-refractivity contribution in [3.63, 3.8) is 0 Å². The molecule has 0 unspecified atom stereocenters. The van der Waals surface area contributed by atoms with Crippen LogP contribution in [0.15, 0.2) is 53.5 Å². The molecule has 0 bridgehead atoms. The summed E-state index contributed by atoms with van der Waals surface area (Å²) >= 11 is 0. The lowest BCUT2D eigenvalue weighted by atomic mass is 9.90. The van der Waals surface area contributed by atoms with E-state index in [0.29, 0.717) is 24.6 Å². The molecule has 0 aromatic heterocycles. The molecule has 0 heterocycles. The SMILES string of the molecule is I.NC(=NCCNC(=O)c1ccccc1)Nc1cccc2c1CCCC2. The zero-order valence-electron chi connectivity index (χ0n) is 14.7. The average Bonchev–Trinajstić information content (AvgIpc) is 2.66. The second kappa shape index (κ2) is 10.2. The van der Waals surface area contributed by atoms with E-state index in [1.807, 2.05) is 24.3 Å². The molecule has 0 radical (unpaired) electrons. The van der Waals surface area contributed by atoms with Gasteiger partial charge in [-0.25, -0.2) is 0 Å². The highest BCUT2D eigenvalue weighted by atomic mass is 127. The van der Waals surface area contributed by atoms with Gasteiger partial charge in [0.25, 0.3) is 5.91 Å². The van der Waals surface area contributed by atoms with Gasteiger partial charge in [0.2, 0.25) is 0 Å². The van der Waals surface area contributed by atoms with E-state index in [-0.39, 0.29) is 29.9 Å². The minimum absolute atomic E-state index is 0. The van der Waals surface area contributed by atoms with Gasteiger partial charge in [0.1, 0.15) is 0 Å². The van der Waals surface area contributed by atoms with Crippen molar-refractivity contribution >= 4 is 41.5 Å². The fraction of sp³-hybridized carbons (Fsp3) is 0.300. The van der Waals surface area contributed by atoms with E-state index >= 15 is 0 Å². The number of carbonyl (C=O) groups excluding carboxylic acids is 1. The van der Waals surface area contributed by atoms with Gasteiger partial charge in [-0.1, -0.05) is 30.3 Å². The molecule has 0 atom stereocenters. The Labute approximate surface area is 171 Å². The Morgan fingerprint density at radius 1 is 1.04 bits per heavy atom. The summed E-state index contributed by atoms with van der Waals surface area (Å²) in [6.45, 7) is 0.884. The molecule has 2 aromatic rings. The highest BCUT2D eigenvalue weighted by molar-refractivity contribution is 14.0. The number of guanidine groups is 1. The molecule has 1 aliphatic rings. The van der Waals surface area contributed by atoms with Crippen LogP contribution in [0, 0.1) is 0 Å². The predicted octanol–water partition coefficient (Wildman–Crippen LogP) is 3.34. The Morgan fingerprint density at radius 3 is 2.62 bits per heavy atom. The summed E-state index contributed by atoms with van der Waals surface area (Å²) in [6.07, 6.45) is 4.68. The van der Waals surface area contributed by atoms with Gasteiger partial charge in [-0.15, -0.1) is 24.0 Å². The standard InChI is InChI=1S/C20H24N4O.HI/c21-20(23-14-13-22-19(25)16-8-2-1-3-9-16)24-18-12-6-10-15-7-4-5-11-17(15)18;/h1-3,6,8-10,12H,4-5,7,11,13-14H2,(H,22,25)(H3,21,23,24);1H. The molecular weight excluding hydrogens is 439 g/mol. The van der Waals surface area contributed by atoms with Crippen molar-refractivity contribution in [2.24, 2.45) is 10.7 Å². The van der Waals surface area contributed by atoms with E-state index < -0.39 is 0 Å². The monoisotopic (exact) mass is 464 g/mol. The second-order valence-electron chi connectivity index (χ2n) is 6.16. The van der Waals surface area contributed by atoms with Gasteiger partial charge >= 0.3 is 0 Å². The van der Waals surface area contributed by atoms with Crippen molar-refractivity contribution < 1.29 is 4.79 Å². The molecular formula is C20H25IN4O. The molecule has 0 spiro atoms. The van der Waals surface area contributed by atoms with Gasteiger partial charge < -0.3 is 16.4 Å². The molecule has 6 heteroatoms. The smallest absolute Gasteiger partial charge is 0.251 e. The number of rotatable bonds is 5. The number of nitrogens with two attached hydrogens (primary N) is 1. The molecule has 0 saturated heterocycles. The normalized spacial score (nSPS) is 13.3. The Bertz CT molecular complexity index is 762. The third-order valence-electron chi connectivity index (χ3n) is 4.37. The quantitative estimate of drug-likeness (QED) is 0.275. The van der Waals surface area contributed by atoms with Crippen LogP contribution in [0.2, 0.25) is 0 Å². The molecule has 1 aliphatic carbocycles. The summed E-state index contributed by atoms with van der Waals surface area (Å²) in [4.78, 5) is 16.2. The topological polar surface area (TPSA) is 79.5 Å². The first kappa shape index (κ1) is 20.2. The number of hydrogen-bond donors (Lipinski definition) is 3. The number of hydrogen-bond acceptors (Lipinski definition) is 2. The van der Waals surface area contributed by atoms with Crippen LogP contribution in [0.5, 0.6) is 0 Å². The number of aryl methyl sites for hydroxylation is 1. The number of fused-ring (bicyclic) bond motifs is 1. The van der Waals surface area contributed by atoms with Gasteiger partial charge in [-0.05, 0) is 55.0 Å². The first-order valence-corrected chi connectivity index (χ1v) is 8.75. The number of amides is 1. The summed E-state index contributed by atoms with van der Waals surface area (Å²) in [5, 5.41) is 6.04. The minimum Gasteiger partial charge on any atom is -0.370 e. The van der Waals surface area contributed by atoms with Crippen molar-refractivity contribution in [2.75, 3.05) is 18.4 Å². The summed E-state index contributed by atoms with van der Waals surface area (Å²) < 4.78 is 0. The van der Waals surface area contributed by atoms with Crippen molar-refractivity contribution in [3.8, 4) is 0 Å². The van der Waals surface area contributed by atoms with E-state index in [1.54, 1.807) is 12.1 Å². The van der Waals surface area contributed by atoms with E-state index in [4.69, 9.17) is 5.73 Å². The van der Waals surface area contributed by atoms with Crippen LogP contribution < -0.4 is 16.4 Å². The number of anilines is 1. The molecule has 3 rings (SSSR count). The zero-order valence-corrected chi connectivity index (χ0v) is 17.0. The summed E-state index contributed by atoms with van der Waals surface area (Å²) in [6, 6.07) is 15.4. The molecule has 4 N–H and O–H groups in total. The van der Waals surface area contributed by atoms with Crippen LogP contribution in [0.3, 0.4) is 0 Å². The molecule has 0 fully saturated rings. The Kier molecular flexibility index (Phi) is 7.90. The average molecular weight is 464 g/mol. The van der Waals surface area contributed by atoms with E-state index in [0.717, 1.165) is 18.5 Å². The number of halogens is 1. The fourth-order valence-electron chi connectivity index (χ4n) is 3.11. The van der Waals surface area contributed by atoms with Crippen molar-refractivity contribution in [1.82, 2.24) is 5.32 Å². The Hall–Kier alpha value is -2.09. The summed E-state index contributed by atoms with van der Waals surface area (Å²) in [7, 11) is 0. The van der Waals surface area contributed by atoms with Crippen molar-refractivity contribution in [1.29, 1.82) is 0 Å². The minimum atomic E-state index is -0.0977. The lowest BCUT2D eigenvalue weighted by Crippen LogP contribution is -2.28. The molecule has 0 saturated carbocycles. The summed E-state index contributed by atoms with van der Waals surface area (Å²) in [5.74, 6) is 0.285. The van der Waals surface area contributed by atoms with Crippen LogP contribution in [-0.2, 0) is 12.8 Å². The first-order valence-electron chi connectivity index (χ1n) is 8.75. The van der Waals surface area contributed by atoms with Gasteiger partial charge in [0, 0.05) is 17.8 Å². The largest absolute Gasteiger partial charge is 0.370 e. The van der Waals surface area contributed by atoms with Crippen LogP contribution in [-0.4, -0.2) is 25.0 Å². The number of carbonyl (C=O) groups is 1. The van der Waals surface area contributed by atoms with Crippen LogP contribution in [0.1, 0.15) is 34.3 Å². The number of aliphatic imine (C=N–C) groups is 1. The molecule has 5 nitrogen and oxygen atoms in total. The second-order valence-corrected chi connectivity index (χ2v) is 6.16. The van der Waals surface area contributed by atoms with Crippen LogP contribution in [0.25, 0.3) is 0 Å². The molecule has 26 heavy (non-hydrogen) atoms. The molecule has 2 aromatic carbocycles. The highest BCUT2D eigenvalue weighted by Gasteiger charge is 2.13. The van der Waals surface area contributed by atoms with Crippen LogP contribution >= 0.6 is 24.0 Å². The maximum absolute atomic E-state index is 11.9. The molecule has 1 amide bonds. The van der Waals surface area contributed by atoms with E-state index in [1.165, 1.54) is 24.0 Å². The van der Waals surface area contributed by atoms with Crippen molar-refractivity contribution in [2.45, 2.75) is 25.7 Å². The third-order valence-corrected chi connectivity index (χ3v) is 4.37. The lowest BCUT2D eigenvalue weighted by molar-refractivity contribution is 0.0955. The number of nitrogens with zero attached hydrogens (tertiary/aromatic N) is 1.